The lowest BCUT2D eigenvalue weighted by Crippen LogP contribution is -2.19. The van der Waals surface area contributed by atoms with Gasteiger partial charge >= 0.3 is 0 Å². The number of halogens is 1. The number of rotatable bonds is 5. The molecule has 0 aliphatic carbocycles. The Kier molecular flexibility index (Phi) is 6.30. The predicted molar refractivity (Wildman–Crippen MR) is 119 cm³/mol. The Morgan fingerprint density at radius 2 is 1.54 bits per heavy atom. The molecule has 2 N–H and O–H groups in total. The molecule has 0 atom stereocenters. The third-order valence-corrected chi connectivity index (χ3v) is 4.88. The highest BCUT2D eigenvalue weighted by Gasteiger charge is 2.16. The summed E-state index contributed by atoms with van der Waals surface area (Å²) in [6.45, 7) is 1.88. The van der Waals surface area contributed by atoms with Crippen LogP contribution in [0.4, 0.5) is 11.4 Å². The second-order valence-electron chi connectivity index (χ2n) is 6.14. The molecule has 3 aromatic rings. The lowest BCUT2D eigenvalue weighted by molar-refractivity contribution is 0.102. The molecule has 3 aromatic carbocycles. The van der Waals surface area contributed by atoms with Crippen LogP contribution in [-0.4, -0.2) is 18.9 Å². The number of carbonyl (C=O) groups excluding carboxylic acids is 2. The summed E-state index contributed by atoms with van der Waals surface area (Å²) in [6.07, 6.45) is 0. The molecule has 0 aliphatic rings. The van der Waals surface area contributed by atoms with Crippen molar-refractivity contribution in [3.05, 3.63) is 87.0 Å². The summed E-state index contributed by atoms with van der Waals surface area (Å²) >= 11 is 2.14. The van der Waals surface area contributed by atoms with Gasteiger partial charge in [-0.05, 0) is 83.6 Å². The van der Waals surface area contributed by atoms with E-state index in [1.165, 1.54) is 0 Å². The average molecular weight is 486 g/mol. The predicted octanol–water partition coefficient (Wildman–Crippen LogP) is 5.11. The van der Waals surface area contributed by atoms with E-state index in [2.05, 4.69) is 33.2 Å². The first kappa shape index (κ1) is 19.9. The fourth-order valence-electron chi connectivity index (χ4n) is 2.70. The highest BCUT2D eigenvalue weighted by atomic mass is 127. The zero-order chi connectivity index (χ0) is 20.1. The number of benzene rings is 3. The van der Waals surface area contributed by atoms with E-state index in [4.69, 9.17) is 4.74 Å². The van der Waals surface area contributed by atoms with Gasteiger partial charge in [-0.3, -0.25) is 9.59 Å². The Balaban J connectivity index is 1.84. The van der Waals surface area contributed by atoms with E-state index in [0.717, 1.165) is 9.13 Å². The second-order valence-corrected chi connectivity index (χ2v) is 7.39. The van der Waals surface area contributed by atoms with Gasteiger partial charge in [-0.25, -0.2) is 0 Å². The van der Waals surface area contributed by atoms with Crippen LogP contribution >= 0.6 is 22.6 Å². The minimum atomic E-state index is -0.302. The van der Waals surface area contributed by atoms with Crippen LogP contribution in [0.3, 0.4) is 0 Å². The van der Waals surface area contributed by atoms with Gasteiger partial charge in [0.2, 0.25) is 0 Å². The SMILES string of the molecule is COc1ccc(NC(=O)c2cc(I)ccc2NC(=O)c2ccccc2C)cc1. The Labute approximate surface area is 177 Å². The summed E-state index contributed by atoms with van der Waals surface area (Å²) in [5.74, 6) is 0.153. The van der Waals surface area contributed by atoms with Gasteiger partial charge in [-0.1, -0.05) is 18.2 Å². The van der Waals surface area contributed by atoms with Crippen LogP contribution in [0.2, 0.25) is 0 Å². The van der Waals surface area contributed by atoms with Crippen LogP contribution in [-0.2, 0) is 0 Å². The number of hydrogen-bond acceptors (Lipinski definition) is 3. The molecule has 0 saturated heterocycles. The van der Waals surface area contributed by atoms with Crippen molar-refractivity contribution < 1.29 is 14.3 Å². The molecule has 0 bridgehead atoms. The Hall–Kier alpha value is -2.87. The molecule has 0 radical (unpaired) electrons. The van der Waals surface area contributed by atoms with Gasteiger partial charge in [0, 0.05) is 14.8 Å². The molecular formula is C22H19IN2O3. The van der Waals surface area contributed by atoms with Crippen molar-refractivity contribution in [2.75, 3.05) is 17.7 Å². The van der Waals surface area contributed by atoms with Crippen molar-refractivity contribution >= 4 is 45.8 Å². The monoisotopic (exact) mass is 486 g/mol. The minimum Gasteiger partial charge on any atom is -0.497 e. The van der Waals surface area contributed by atoms with E-state index in [1.807, 2.05) is 31.2 Å². The van der Waals surface area contributed by atoms with Crippen LogP contribution < -0.4 is 15.4 Å². The molecule has 142 valence electrons. The van der Waals surface area contributed by atoms with Crippen molar-refractivity contribution in [2.24, 2.45) is 0 Å². The molecule has 0 saturated carbocycles. The van der Waals surface area contributed by atoms with Crippen molar-refractivity contribution in [2.45, 2.75) is 6.92 Å². The van der Waals surface area contributed by atoms with Crippen molar-refractivity contribution in [1.82, 2.24) is 0 Å². The molecule has 0 heterocycles. The Morgan fingerprint density at radius 1 is 0.857 bits per heavy atom. The zero-order valence-electron chi connectivity index (χ0n) is 15.5. The summed E-state index contributed by atoms with van der Waals surface area (Å²) < 4.78 is 6.02. The molecule has 2 amide bonds. The molecule has 3 rings (SSSR count). The number of ether oxygens (including phenoxy) is 1. The summed E-state index contributed by atoms with van der Waals surface area (Å²) in [6, 6.07) is 19.7. The van der Waals surface area contributed by atoms with Crippen LogP contribution in [0, 0.1) is 10.5 Å². The van der Waals surface area contributed by atoms with Crippen LogP contribution in [0.25, 0.3) is 0 Å². The van der Waals surface area contributed by atoms with Crippen LogP contribution in [0.1, 0.15) is 26.3 Å². The van der Waals surface area contributed by atoms with E-state index in [9.17, 15) is 9.59 Å². The molecule has 0 unspecified atom stereocenters. The highest BCUT2D eigenvalue weighted by Crippen LogP contribution is 2.23. The number of anilines is 2. The summed E-state index contributed by atoms with van der Waals surface area (Å²) in [7, 11) is 1.59. The first-order valence-corrected chi connectivity index (χ1v) is 9.68. The van der Waals surface area contributed by atoms with Gasteiger partial charge in [0.05, 0.1) is 18.4 Å². The molecule has 28 heavy (non-hydrogen) atoms. The standard InChI is InChI=1S/C22H19IN2O3/c1-14-5-3-4-6-18(14)21(26)25-20-12-7-15(23)13-19(20)22(27)24-16-8-10-17(28-2)11-9-16/h3-13H,1-2H3,(H,24,27)(H,25,26). The van der Waals surface area contributed by atoms with Gasteiger partial charge in [-0.15, -0.1) is 0 Å². The molecule has 0 aliphatic heterocycles. The van der Waals surface area contributed by atoms with E-state index in [0.29, 0.717) is 28.3 Å². The Morgan fingerprint density at radius 3 is 2.21 bits per heavy atom. The lowest BCUT2D eigenvalue weighted by atomic mass is 10.1. The fraction of sp³-hybridized carbons (Fsp3) is 0.0909. The molecule has 6 heteroatoms. The third-order valence-electron chi connectivity index (χ3n) is 4.21. The second kappa shape index (κ2) is 8.88. The quantitative estimate of drug-likeness (QED) is 0.493. The van der Waals surface area contributed by atoms with Gasteiger partial charge in [0.25, 0.3) is 11.8 Å². The molecule has 0 aromatic heterocycles. The van der Waals surface area contributed by atoms with Crippen LogP contribution in [0.15, 0.2) is 66.7 Å². The van der Waals surface area contributed by atoms with Crippen LogP contribution in [0.5, 0.6) is 5.75 Å². The topological polar surface area (TPSA) is 67.4 Å². The Bertz CT molecular complexity index is 1020. The van der Waals surface area contributed by atoms with Gasteiger partial charge in [0.1, 0.15) is 5.75 Å². The van der Waals surface area contributed by atoms with Gasteiger partial charge in [-0.2, -0.15) is 0 Å². The first-order chi connectivity index (χ1) is 13.5. The van der Waals surface area contributed by atoms with Crippen molar-refractivity contribution in [3.8, 4) is 5.75 Å². The first-order valence-electron chi connectivity index (χ1n) is 8.60. The van der Waals surface area contributed by atoms with E-state index in [-0.39, 0.29) is 11.8 Å². The number of amides is 2. The summed E-state index contributed by atoms with van der Waals surface area (Å²) in [5, 5.41) is 5.71. The van der Waals surface area contributed by atoms with Gasteiger partial charge in [0.15, 0.2) is 0 Å². The highest BCUT2D eigenvalue weighted by molar-refractivity contribution is 14.1. The van der Waals surface area contributed by atoms with Gasteiger partial charge < -0.3 is 15.4 Å². The molecule has 5 nitrogen and oxygen atoms in total. The third kappa shape index (κ3) is 4.69. The van der Waals surface area contributed by atoms with E-state index in [1.54, 1.807) is 49.6 Å². The molecular weight excluding hydrogens is 467 g/mol. The number of nitrogens with one attached hydrogen (secondary N) is 2. The average Bonchev–Trinajstić information content (AvgIpc) is 2.70. The largest absolute Gasteiger partial charge is 0.497 e. The molecule has 0 spiro atoms. The minimum absolute atomic E-state index is 0.252. The number of aryl methyl sites for hydroxylation is 1. The maximum absolute atomic E-state index is 12.8. The fourth-order valence-corrected chi connectivity index (χ4v) is 3.19. The van der Waals surface area contributed by atoms with Crippen molar-refractivity contribution in [1.29, 1.82) is 0 Å². The van der Waals surface area contributed by atoms with Crippen molar-refractivity contribution in [3.63, 3.8) is 0 Å². The summed E-state index contributed by atoms with van der Waals surface area (Å²) in [5.41, 5.74) is 2.93. The smallest absolute Gasteiger partial charge is 0.257 e. The number of hydrogen-bond donors (Lipinski definition) is 2. The zero-order valence-corrected chi connectivity index (χ0v) is 17.6. The maximum Gasteiger partial charge on any atom is 0.257 e. The summed E-state index contributed by atoms with van der Waals surface area (Å²) in [4.78, 5) is 25.5. The van der Waals surface area contributed by atoms with E-state index < -0.39 is 0 Å². The number of methoxy groups -OCH3 is 1. The van der Waals surface area contributed by atoms with E-state index >= 15 is 0 Å². The molecule has 0 fully saturated rings. The maximum atomic E-state index is 12.8. The lowest BCUT2D eigenvalue weighted by Gasteiger charge is -2.13. The number of carbonyl (C=O) groups is 2. The normalized spacial score (nSPS) is 10.2.